The SMILES string of the molecule is Cc1cc(C)nc(SCc2c(C(=O)Nc3ccc(F)c(F)c3)nnn2-c2ccc(Cl)cc2)n1. The molecule has 2 aromatic carbocycles. The molecule has 0 bridgehead atoms. The van der Waals surface area contributed by atoms with E-state index in [1.807, 2.05) is 19.9 Å². The lowest BCUT2D eigenvalue weighted by atomic mass is 10.2. The van der Waals surface area contributed by atoms with Crippen LogP contribution in [-0.2, 0) is 5.75 Å². The first-order valence-corrected chi connectivity index (χ1v) is 11.1. The highest BCUT2D eigenvalue weighted by molar-refractivity contribution is 7.98. The fraction of sp³-hybridized carbons (Fsp3) is 0.136. The molecule has 0 aliphatic carbocycles. The van der Waals surface area contributed by atoms with Crippen LogP contribution >= 0.6 is 23.4 Å². The third kappa shape index (κ3) is 5.35. The molecule has 0 unspecified atom stereocenters. The average molecular weight is 487 g/mol. The molecule has 0 saturated heterocycles. The summed E-state index contributed by atoms with van der Waals surface area (Å²) in [6.07, 6.45) is 0. The van der Waals surface area contributed by atoms with Gasteiger partial charge in [0.25, 0.3) is 5.91 Å². The molecule has 0 radical (unpaired) electrons. The van der Waals surface area contributed by atoms with E-state index in [0.717, 1.165) is 23.5 Å². The summed E-state index contributed by atoms with van der Waals surface area (Å²) in [5.74, 6) is -2.41. The molecule has 0 aliphatic heterocycles. The van der Waals surface area contributed by atoms with Gasteiger partial charge in [-0.2, -0.15) is 0 Å². The van der Waals surface area contributed by atoms with Crippen LogP contribution in [0.3, 0.4) is 0 Å². The smallest absolute Gasteiger partial charge is 0.278 e. The van der Waals surface area contributed by atoms with Crippen molar-refractivity contribution in [3.63, 3.8) is 0 Å². The van der Waals surface area contributed by atoms with Gasteiger partial charge in [-0.3, -0.25) is 4.79 Å². The van der Waals surface area contributed by atoms with E-state index in [9.17, 15) is 13.6 Å². The monoisotopic (exact) mass is 486 g/mol. The molecule has 7 nitrogen and oxygen atoms in total. The topological polar surface area (TPSA) is 85.6 Å². The molecule has 0 spiro atoms. The normalized spacial score (nSPS) is 10.9. The van der Waals surface area contributed by atoms with E-state index in [1.54, 1.807) is 24.3 Å². The van der Waals surface area contributed by atoms with Gasteiger partial charge in [-0.1, -0.05) is 28.6 Å². The third-order valence-electron chi connectivity index (χ3n) is 4.53. The van der Waals surface area contributed by atoms with E-state index < -0.39 is 17.5 Å². The van der Waals surface area contributed by atoms with Gasteiger partial charge < -0.3 is 5.32 Å². The van der Waals surface area contributed by atoms with E-state index in [0.29, 0.717) is 21.6 Å². The first kappa shape index (κ1) is 22.8. The van der Waals surface area contributed by atoms with Gasteiger partial charge in [-0.25, -0.2) is 23.4 Å². The fourth-order valence-corrected chi connectivity index (χ4v) is 4.12. The van der Waals surface area contributed by atoms with Crippen LogP contribution in [-0.4, -0.2) is 30.9 Å². The fourth-order valence-electron chi connectivity index (χ4n) is 3.05. The summed E-state index contributed by atoms with van der Waals surface area (Å²) in [5.41, 5.74) is 2.90. The second-order valence-corrected chi connectivity index (χ2v) is 8.46. The summed E-state index contributed by atoms with van der Waals surface area (Å²) in [4.78, 5) is 21.8. The predicted octanol–water partition coefficient (Wildman–Crippen LogP) is 5.15. The van der Waals surface area contributed by atoms with Gasteiger partial charge in [-0.15, -0.1) is 5.10 Å². The molecule has 0 fully saturated rings. The molecule has 1 N–H and O–H groups in total. The highest BCUT2D eigenvalue weighted by Gasteiger charge is 2.22. The minimum Gasteiger partial charge on any atom is -0.320 e. The third-order valence-corrected chi connectivity index (χ3v) is 5.64. The quantitative estimate of drug-likeness (QED) is 0.299. The number of halogens is 3. The minimum absolute atomic E-state index is 0.0339. The summed E-state index contributed by atoms with van der Waals surface area (Å²) in [5, 5.41) is 11.8. The number of aryl methyl sites for hydroxylation is 2. The maximum Gasteiger partial charge on any atom is 0.278 e. The number of rotatable bonds is 6. The Bertz CT molecular complexity index is 1310. The molecule has 4 aromatic rings. The Morgan fingerprint density at radius 3 is 2.39 bits per heavy atom. The van der Waals surface area contributed by atoms with Gasteiger partial charge in [-0.05, 0) is 56.3 Å². The molecule has 0 atom stereocenters. The molecule has 33 heavy (non-hydrogen) atoms. The Kier molecular flexibility index (Phi) is 6.66. The van der Waals surface area contributed by atoms with Crippen molar-refractivity contribution in [1.29, 1.82) is 0 Å². The molecule has 4 rings (SSSR count). The van der Waals surface area contributed by atoms with Crippen LogP contribution in [0, 0.1) is 25.5 Å². The van der Waals surface area contributed by atoms with Crippen LogP contribution in [0.15, 0.2) is 53.7 Å². The predicted molar refractivity (Wildman–Crippen MR) is 122 cm³/mol. The van der Waals surface area contributed by atoms with Crippen molar-refractivity contribution in [1.82, 2.24) is 25.0 Å². The van der Waals surface area contributed by atoms with Crippen molar-refractivity contribution in [2.24, 2.45) is 0 Å². The number of nitrogens with zero attached hydrogens (tertiary/aromatic N) is 5. The number of carbonyl (C=O) groups excluding carboxylic acids is 1. The van der Waals surface area contributed by atoms with E-state index in [-0.39, 0.29) is 17.1 Å². The molecule has 0 aliphatic rings. The van der Waals surface area contributed by atoms with Gasteiger partial charge in [0.2, 0.25) is 0 Å². The van der Waals surface area contributed by atoms with Crippen LogP contribution in [0.25, 0.3) is 5.69 Å². The van der Waals surface area contributed by atoms with Crippen molar-refractivity contribution >= 4 is 35.0 Å². The average Bonchev–Trinajstić information content (AvgIpc) is 3.19. The summed E-state index contributed by atoms with van der Waals surface area (Å²) in [7, 11) is 0. The zero-order valence-corrected chi connectivity index (χ0v) is 19.1. The number of carbonyl (C=O) groups is 1. The first-order chi connectivity index (χ1) is 15.8. The van der Waals surface area contributed by atoms with Gasteiger partial charge >= 0.3 is 0 Å². The molecule has 11 heteroatoms. The number of aromatic nitrogens is 5. The van der Waals surface area contributed by atoms with Crippen molar-refractivity contribution < 1.29 is 13.6 Å². The lowest BCUT2D eigenvalue weighted by Gasteiger charge is -2.09. The molecule has 0 saturated carbocycles. The molecular formula is C22H17ClF2N6OS. The summed E-state index contributed by atoms with van der Waals surface area (Å²) >= 11 is 7.31. The van der Waals surface area contributed by atoms with Gasteiger partial charge in [0.05, 0.1) is 11.4 Å². The molecular weight excluding hydrogens is 470 g/mol. The Balaban J connectivity index is 1.67. The maximum absolute atomic E-state index is 13.6. The Morgan fingerprint density at radius 1 is 1.03 bits per heavy atom. The van der Waals surface area contributed by atoms with Crippen molar-refractivity contribution in [2.45, 2.75) is 24.8 Å². The minimum atomic E-state index is -1.07. The number of hydrogen-bond acceptors (Lipinski definition) is 6. The lowest BCUT2D eigenvalue weighted by molar-refractivity contribution is 0.102. The Hall–Kier alpha value is -3.37. The Morgan fingerprint density at radius 2 is 1.73 bits per heavy atom. The van der Waals surface area contributed by atoms with E-state index in [2.05, 4.69) is 25.6 Å². The number of nitrogens with one attached hydrogen (secondary N) is 1. The lowest BCUT2D eigenvalue weighted by Crippen LogP contribution is -2.15. The van der Waals surface area contributed by atoms with Crippen LogP contribution in [0.2, 0.25) is 5.02 Å². The Labute approximate surface area is 197 Å². The second kappa shape index (κ2) is 9.63. The van der Waals surface area contributed by atoms with E-state index >= 15 is 0 Å². The van der Waals surface area contributed by atoms with E-state index in [4.69, 9.17) is 11.6 Å². The summed E-state index contributed by atoms with van der Waals surface area (Å²) in [6.45, 7) is 3.75. The zero-order valence-electron chi connectivity index (χ0n) is 17.5. The van der Waals surface area contributed by atoms with Crippen LogP contribution in [0.5, 0.6) is 0 Å². The number of hydrogen-bond donors (Lipinski definition) is 1. The maximum atomic E-state index is 13.6. The number of benzene rings is 2. The molecule has 2 aromatic heterocycles. The highest BCUT2D eigenvalue weighted by Crippen LogP contribution is 2.25. The largest absolute Gasteiger partial charge is 0.320 e. The number of amides is 1. The van der Waals surface area contributed by atoms with Crippen LogP contribution in [0.4, 0.5) is 14.5 Å². The highest BCUT2D eigenvalue weighted by atomic mass is 35.5. The van der Waals surface area contributed by atoms with Gasteiger partial charge in [0.1, 0.15) is 0 Å². The van der Waals surface area contributed by atoms with Gasteiger partial charge in [0.15, 0.2) is 22.5 Å². The van der Waals surface area contributed by atoms with E-state index in [1.165, 1.54) is 22.5 Å². The summed E-state index contributed by atoms with van der Waals surface area (Å²) in [6, 6.07) is 11.8. The van der Waals surface area contributed by atoms with Crippen molar-refractivity contribution in [3.8, 4) is 5.69 Å². The number of anilines is 1. The van der Waals surface area contributed by atoms with Crippen LogP contribution in [0.1, 0.15) is 27.6 Å². The van der Waals surface area contributed by atoms with Crippen molar-refractivity contribution in [2.75, 3.05) is 5.32 Å². The van der Waals surface area contributed by atoms with Crippen LogP contribution < -0.4 is 5.32 Å². The molecule has 1 amide bonds. The standard InChI is InChI=1S/C22H17ClF2N6OS/c1-12-9-13(2)27-22(26-12)33-11-19-20(21(32)28-15-5-8-17(24)18(25)10-15)29-30-31(19)16-6-3-14(23)4-7-16/h3-10H,11H2,1-2H3,(H,28,32). The molecule has 2 heterocycles. The van der Waals surface area contributed by atoms with Gasteiger partial charge in [0, 0.05) is 33.9 Å². The molecule has 168 valence electrons. The number of thioether (sulfide) groups is 1. The second-order valence-electron chi connectivity index (χ2n) is 7.08. The first-order valence-electron chi connectivity index (χ1n) is 9.72. The zero-order chi connectivity index (χ0) is 23.5. The summed E-state index contributed by atoms with van der Waals surface area (Å²) < 4.78 is 28.3. The van der Waals surface area contributed by atoms with Crippen molar-refractivity contribution in [3.05, 3.63) is 88.0 Å².